The van der Waals surface area contributed by atoms with Crippen molar-refractivity contribution in [1.82, 2.24) is 9.97 Å². The fourth-order valence-corrected chi connectivity index (χ4v) is 2.67. The average molecular weight is 295 g/mol. The van der Waals surface area contributed by atoms with E-state index in [9.17, 15) is 0 Å². The van der Waals surface area contributed by atoms with Gasteiger partial charge in [0.05, 0.1) is 22.9 Å². The van der Waals surface area contributed by atoms with Gasteiger partial charge in [-0.15, -0.1) is 11.3 Å². The zero-order valence-electron chi connectivity index (χ0n) is 12.1. The third-order valence-corrected chi connectivity index (χ3v) is 4.02. The molecule has 0 aliphatic rings. The molecule has 2 heterocycles. The van der Waals surface area contributed by atoms with Crippen molar-refractivity contribution in [3.63, 3.8) is 0 Å². The van der Waals surface area contributed by atoms with Crippen LogP contribution in [0.15, 0.2) is 48.0 Å². The first-order chi connectivity index (χ1) is 10.2. The summed E-state index contributed by atoms with van der Waals surface area (Å²) in [6, 6.07) is 12.5. The first-order valence-electron chi connectivity index (χ1n) is 6.89. The molecule has 1 N–H and O–H groups in total. The van der Waals surface area contributed by atoms with Gasteiger partial charge in [0.1, 0.15) is 0 Å². The number of rotatable bonds is 4. The lowest BCUT2D eigenvalue weighted by molar-refractivity contribution is 1.04. The molecule has 0 bridgehead atoms. The summed E-state index contributed by atoms with van der Waals surface area (Å²) >= 11 is 1.68. The van der Waals surface area contributed by atoms with Gasteiger partial charge in [-0.2, -0.15) is 0 Å². The molecule has 0 spiro atoms. The van der Waals surface area contributed by atoms with Crippen LogP contribution in [-0.4, -0.2) is 9.97 Å². The van der Waals surface area contributed by atoms with E-state index in [0.29, 0.717) is 0 Å². The molecule has 0 saturated heterocycles. The molecule has 0 aliphatic heterocycles. The molecule has 3 nitrogen and oxygen atoms in total. The first-order valence-corrected chi connectivity index (χ1v) is 7.77. The number of benzene rings is 1. The van der Waals surface area contributed by atoms with Crippen LogP contribution in [0, 0.1) is 13.8 Å². The van der Waals surface area contributed by atoms with Gasteiger partial charge in [-0.25, -0.2) is 4.98 Å². The molecule has 1 aromatic carbocycles. The fourth-order valence-electron chi connectivity index (χ4n) is 2.05. The number of pyridine rings is 1. The Morgan fingerprint density at radius 3 is 2.48 bits per heavy atom. The van der Waals surface area contributed by atoms with Crippen LogP contribution in [0.1, 0.15) is 16.3 Å². The first kappa shape index (κ1) is 13.8. The molecule has 3 rings (SSSR count). The Kier molecular flexibility index (Phi) is 3.97. The van der Waals surface area contributed by atoms with Crippen LogP contribution in [0.3, 0.4) is 0 Å². The minimum Gasteiger partial charge on any atom is -0.379 e. The maximum atomic E-state index is 4.50. The van der Waals surface area contributed by atoms with Gasteiger partial charge in [-0.1, -0.05) is 18.2 Å². The van der Waals surface area contributed by atoms with Gasteiger partial charge in [-0.3, -0.25) is 4.98 Å². The zero-order valence-corrected chi connectivity index (χ0v) is 12.9. The smallest absolute Gasteiger partial charge is 0.0901 e. The van der Waals surface area contributed by atoms with Crippen molar-refractivity contribution < 1.29 is 0 Å². The lowest BCUT2D eigenvalue weighted by Gasteiger charge is -2.07. The maximum absolute atomic E-state index is 4.50. The van der Waals surface area contributed by atoms with Crippen LogP contribution < -0.4 is 5.32 Å². The monoisotopic (exact) mass is 295 g/mol. The summed E-state index contributed by atoms with van der Waals surface area (Å²) in [6.45, 7) is 4.80. The second-order valence-electron chi connectivity index (χ2n) is 5.01. The van der Waals surface area contributed by atoms with Gasteiger partial charge in [0.25, 0.3) is 0 Å². The van der Waals surface area contributed by atoms with E-state index in [4.69, 9.17) is 0 Å². The summed E-state index contributed by atoms with van der Waals surface area (Å²) in [5, 5.41) is 6.57. The van der Waals surface area contributed by atoms with Gasteiger partial charge >= 0.3 is 0 Å². The van der Waals surface area contributed by atoms with E-state index < -0.39 is 0 Å². The number of thiazole rings is 1. The van der Waals surface area contributed by atoms with Crippen LogP contribution in [0.2, 0.25) is 0 Å². The van der Waals surface area contributed by atoms with E-state index in [1.54, 1.807) is 11.3 Å². The number of anilines is 1. The van der Waals surface area contributed by atoms with Crippen molar-refractivity contribution in [2.45, 2.75) is 20.4 Å². The minimum atomic E-state index is 0.732. The molecule has 4 heteroatoms. The Balaban J connectivity index is 1.65. The Morgan fingerprint density at radius 2 is 1.86 bits per heavy atom. The third kappa shape index (κ3) is 3.47. The highest BCUT2D eigenvalue weighted by atomic mass is 32.1. The number of nitrogens with one attached hydrogen (secondary N) is 1. The second-order valence-corrected chi connectivity index (χ2v) is 6.07. The van der Waals surface area contributed by atoms with Crippen LogP contribution in [0.5, 0.6) is 0 Å². The lowest BCUT2D eigenvalue weighted by atomic mass is 10.1. The highest BCUT2D eigenvalue weighted by Gasteiger charge is 2.02. The van der Waals surface area contributed by atoms with Gasteiger partial charge in [0.15, 0.2) is 0 Å². The number of nitrogens with zero attached hydrogens (tertiary/aromatic N) is 2. The Bertz CT molecular complexity index is 715. The predicted molar refractivity (Wildman–Crippen MR) is 88.6 cm³/mol. The molecule has 21 heavy (non-hydrogen) atoms. The molecule has 0 unspecified atom stereocenters. The molecule has 2 aromatic heterocycles. The molecule has 3 aromatic rings. The van der Waals surface area contributed by atoms with E-state index in [2.05, 4.69) is 57.1 Å². The predicted octanol–water partition coefficient (Wildman–Crippen LogP) is 4.43. The standard InChI is InChI=1S/C17H17N3S/c1-12-3-6-16(18-9-12)10-19-15-7-4-14(5-8-15)17-11-21-13(2)20-17/h3-9,11,19H,10H2,1-2H3. The average Bonchev–Trinajstić information content (AvgIpc) is 2.94. The lowest BCUT2D eigenvalue weighted by Crippen LogP contribution is -2.01. The van der Waals surface area contributed by atoms with Crippen LogP contribution in [0.4, 0.5) is 5.69 Å². The van der Waals surface area contributed by atoms with Crippen molar-refractivity contribution >= 4 is 17.0 Å². The second kappa shape index (κ2) is 6.06. The van der Waals surface area contributed by atoms with Crippen molar-refractivity contribution in [3.05, 3.63) is 64.2 Å². The van der Waals surface area contributed by atoms with E-state index in [0.717, 1.165) is 34.2 Å². The minimum absolute atomic E-state index is 0.732. The summed E-state index contributed by atoms with van der Waals surface area (Å²) in [4.78, 5) is 8.89. The van der Waals surface area contributed by atoms with Crippen molar-refractivity contribution in [2.75, 3.05) is 5.32 Å². The number of aryl methyl sites for hydroxylation is 2. The summed E-state index contributed by atoms with van der Waals surface area (Å²) in [5.41, 5.74) is 5.51. The van der Waals surface area contributed by atoms with Gasteiger partial charge < -0.3 is 5.32 Å². The molecular weight excluding hydrogens is 278 g/mol. The van der Waals surface area contributed by atoms with Crippen molar-refractivity contribution in [1.29, 1.82) is 0 Å². The van der Waals surface area contributed by atoms with E-state index in [1.807, 2.05) is 20.0 Å². The van der Waals surface area contributed by atoms with Gasteiger partial charge in [-0.05, 0) is 37.6 Å². The van der Waals surface area contributed by atoms with Gasteiger partial charge in [0.2, 0.25) is 0 Å². The Labute approximate surface area is 128 Å². The molecule has 0 aliphatic carbocycles. The summed E-state index contributed by atoms with van der Waals surface area (Å²) < 4.78 is 0. The quantitative estimate of drug-likeness (QED) is 0.773. The maximum Gasteiger partial charge on any atom is 0.0901 e. The summed E-state index contributed by atoms with van der Waals surface area (Å²) in [7, 11) is 0. The Morgan fingerprint density at radius 1 is 1.05 bits per heavy atom. The number of hydrogen-bond donors (Lipinski definition) is 1. The molecule has 0 fully saturated rings. The molecule has 0 radical (unpaired) electrons. The fraction of sp³-hybridized carbons (Fsp3) is 0.176. The summed E-state index contributed by atoms with van der Waals surface area (Å²) in [6.07, 6.45) is 1.89. The zero-order chi connectivity index (χ0) is 14.7. The van der Waals surface area contributed by atoms with E-state index >= 15 is 0 Å². The molecule has 106 valence electrons. The summed E-state index contributed by atoms with van der Waals surface area (Å²) in [5.74, 6) is 0. The molecule has 0 saturated carbocycles. The third-order valence-electron chi connectivity index (χ3n) is 3.25. The van der Waals surface area contributed by atoms with Crippen LogP contribution in [-0.2, 0) is 6.54 Å². The topological polar surface area (TPSA) is 37.8 Å². The van der Waals surface area contributed by atoms with Gasteiger partial charge in [0, 0.05) is 22.8 Å². The van der Waals surface area contributed by atoms with Crippen molar-refractivity contribution in [3.8, 4) is 11.3 Å². The molecular formula is C17H17N3S. The van der Waals surface area contributed by atoms with E-state index in [-0.39, 0.29) is 0 Å². The van der Waals surface area contributed by atoms with E-state index in [1.165, 1.54) is 5.56 Å². The number of aromatic nitrogens is 2. The SMILES string of the molecule is Cc1ccc(CNc2ccc(-c3csc(C)n3)cc2)nc1. The molecule has 0 atom stereocenters. The highest BCUT2D eigenvalue weighted by Crippen LogP contribution is 2.23. The molecule has 0 amide bonds. The largest absolute Gasteiger partial charge is 0.379 e. The van der Waals surface area contributed by atoms with Crippen LogP contribution >= 0.6 is 11.3 Å². The normalized spacial score (nSPS) is 10.6. The van der Waals surface area contributed by atoms with Crippen molar-refractivity contribution in [2.24, 2.45) is 0 Å². The van der Waals surface area contributed by atoms with Crippen LogP contribution in [0.25, 0.3) is 11.3 Å². The number of hydrogen-bond acceptors (Lipinski definition) is 4. The Hall–Kier alpha value is -2.20. The highest BCUT2D eigenvalue weighted by molar-refractivity contribution is 7.09.